The number of carbonyl (C=O) groups excluding carboxylic acids is 2. The quantitative estimate of drug-likeness (QED) is 0.593. The third-order valence-electron chi connectivity index (χ3n) is 6.57. The summed E-state index contributed by atoms with van der Waals surface area (Å²) in [4.78, 5) is 38.2. The third kappa shape index (κ3) is 5.35. The van der Waals surface area contributed by atoms with Crippen molar-refractivity contribution in [2.75, 3.05) is 13.7 Å². The van der Waals surface area contributed by atoms with Gasteiger partial charge in [0.15, 0.2) is 0 Å². The molecule has 0 fully saturated rings. The van der Waals surface area contributed by atoms with Crippen molar-refractivity contribution in [3.05, 3.63) is 59.7 Å². The average molecular weight is 453 g/mol. The number of benzene rings is 2. The third-order valence-corrected chi connectivity index (χ3v) is 6.57. The van der Waals surface area contributed by atoms with Crippen molar-refractivity contribution in [2.45, 2.75) is 51.6 Å². The summed E-state index contributed by atoms with van der Waals surface area (Å²) < 4.78 is 5.60. The first-order valence-electron chi connectivity index (χ1n) is 11.3. The van der Waals surface area contributed by atoms with Crippen molar-refractivity contribution in [1.82, 2.24) is 10.2 Å². The number of nitrogens with zero attached hydrogens (tertiary/aromatic N) is 1. The zero-order chi connectivity index (χ0) is 24.1. The van der Waals surface area contributed by atoms with Gasteiger partial charge in [0.05, 0.1) is 6.42 Å². The first-order chi connectivity index (χ1) is 15.7. The molecule has 7 heteroatoms. The van der Waals surface area contributed by atoms with E-state index in [0.717, 1.165) is 22.3 Å². The fourth-order valence-corrected chi connectivity index (χ4v) is 4.28. The molecule has 0 spiro atoms. The van der Waals surface area contributed by atoms with Gasteiger partial charge in [-0.15, -0.1) is 0 Å². The first-order valence-corrected chi connectivity index (χ1v) is 11.3. The molecule has 33 heavy (non-hydrogen) atoms. The summed E-state index contributed by atoms with van der Waals surface area (Å²) in [6.07, 6.45) is -0.156. The topological polar surface area (TPSA) is 95.9 Å². The number of alkyl carbamates (subject to hydrolysis) is 1. The summed E-state index contributed by atoms with van der Waals surface area (Å²) in [5.74, 6) is -1.52. The van der Waals surface area contributed by atoms with Gasteiger partial charge in [0.1, 0.15) is 12.6 Å². The number of carboxylic acids is 1. The Morgan fingerprint density at radius 3 is 2.09 bits per heavy atom. The van der Waals surface area contributed by atoms with Gasteiger partial charge in [-0.1, -0.05) is 68.8 Å². The van der Waals surface area contributed by atoms with E-state index in [1.165, 1.54) is 4.90 Å². The van der Waals surface area contributed by atoms with Crippen LogP contribution in [-0.2, 0) is 14.3 Å². The molecule has 0 unspecified atom stereocenters. The molecular formula is C26H32N2O5. The van der Waals surface area contributed by atoms with E-state index in [9.17, 15) is 14.4 Å². The summed E-state index contributed by atoms with van der Waals surface area (Å²) in [5.41, 5.74) is 4.51. The standard InChI is InChI=1S/C26H32N2O5/c1-5-16(2)24(25(31)28(4)17(3)14-23(29)30)27-26(32)33-15-22-20-12-8-6-10-18(20)19-11-7-9-13-21(19)22/h6-13,16-17,22,24H,5,14-15H2,1-4H3,(H,27,32)(H,29,30)/t16-,17+,24-/m0/s1. The molecule has 0 saturated heterocycles. The molecule has 2 N–H and O–H groups in total. The average Bonchev–Trinajstić information content (AvgIpc) is 3.13. The van der Waals surface area contributed by atoms with Crippen LogP contribution in [0.1, 0.15) is 50.7 Å². The molecule has 2 aromatic rings. The van der Waals surface area contributed by atoms with Crippen LogP contribution in [0.4, 0.5) is 4.79 Å². The number of nitrogens with one attached hydrogen (secondary N) is 1. The van der Waals surface area contributed by atoms with E-state index in [1.54, 1.807) is 14.0 Å². The maximum absolute atomic E-state index is 13.1. The predicted molar refractivity (Wildman–Crippen MR) is 126 cm³/mol. The molecular weight excluding hydrogens is 420 g/mol. The van der Waals surface area contributed by atoms with Crippen LogP contribution in [0.5, 0.6) is 0 Å². The molecule has 0 bridgehead atoms. The lowest BCUT2D eigenvalue weighted by atomic mass is 9.97. The lowest BCUT2D eigenvalue weighted by molar-refractivity contribution is -0.140. The maximum Gasteiger partial charge on any atom is 0.407 e. The summed E-state index contributed by atoms with van der Waals surface area (Å²) in [5, 5.41) is 11.8. The first kappa shape index (κ1) is 24.3. The highest BCUT2D eigenvalue weighted by molar-refractivity contribution is 5.86. The minimum absolute atomic E-state index is 0.0702. The van der Waals surface area contributed by atoms with Crippen LogP contribution < -0.4 is 5.32 Å². The van der Waals surface area contributed by atoms with Crippen LogP contribution in [0.15, 0.2) is 48.5 Å². The van der Waals surface area contributed by atoms with E-state index in [1.807, 2.05) is 50.2 Å². The van der Waals surface area contributed by atoms with Crippen molar-refractivity contribution in [1.29, 1.82) is 0 Å². The number of carbonyl (C=O) groups is 3. The van der Waals surface area contributed by atoms with Gasteiger partial charge in [0.25, 0.3) is 0 Å². The van der Waals surface area contributed by atoms with Gasteiger partial charge in [-0.3, -0.25) is 9.59 Å². The fraction of sp³-hybridized carbons (Fsp3) is 0.423. The van der Waals surface area contributed by atoms with E-state index in [2.05, 4.69) is 17.4 Å². The van der Waals surface area contributed by atoms with Gasteiger partial charge < -0.3 is 20.1 Å². The summed E-state index contributed by atoms with van der Waals surface area (Å²) in [6, 6.07) is 14.9. The van der Waals surface area contributed by atoms with E-state index in [-0.39, 0.29) is 30.8 Å². The largest absolute Gasteiger partial charge is 0.481 e. The smallest absolute Gasteiger partial charge is 0.407 e. The lowest BCUT2D eigenvalue weighted by Gasteiger charge is -2.31. The van der Waals surface area contributed by atoms with E-state index < -0.39 is 24.1 Å². The molecule has 0 radical (unpaired) electrons. The molecule has 0 aromatic heterocycles. The molecule has 3 atom stereocenters. The zero-order valence-electron chi connectivity index (χ0n) is 19.6. The Morgan fingerprint density at radius 2 is 1.58 bits per heavy atom. The van der Waals surface area contributed by atoms with Crippen LogP contribution in [0.3, 0.4) is 0 Å². The molecule has 2 aromatic carbocycles. The number of aliphatic carboxylic acids is 1. The zero-order valence-corrected chi connectivity index (χ0v) is 19.6. The Bertz CT molecular complexity index is 976. The number of fused-ring (bicyclic) bond motifs is 3. The Labute approximate surface area is 194 Å². The summed E-state index contributed by atoms with van der Waals surface area (Å²) in [6.45, 7) is 5.65. The highest BCUT2D eigenvalue weighted by Gasteiger charge is 2.33. The molecule has 0 aliphatic heterocycles. The van der Waals surface area contributed by atoms with Gasteiger partial charge in [0, 0.05) is 19.0 Å². The lowest BCUT2D eigenvalue weighted by Crippen LogP contribution is -2.53. The Kier molecular flexibility index (Phi) is 7.74. The normalized spacial score (nSPS) is 15.0. The number of hydrogen-bond donors (Lipinski definition) is 2. The molecule has 2 amide bonds. The molecule has 176 valence electrons. The molecule has 1 aliphatic carbocycles. The van der Waals surface area contributed by atoms with Crippen molar-refractivity contribution < 1.29 is 24.2 Å². The van der Waals surface area contributed by atoms with Crippen molar-refractivity contribution in [3.63, 3.8) is 0 Å². The van der Waals surface area contributed by atoms with Crippen LogP contribution in [0.25, 0.3) is 11.1 Å². The Balaban J connectivity index is 1.69. The number of rotatable bonds is 9. The second-order valence-electron chi connectivity index (χ2n) is 8.73. The summed E-state index contributed by atoms with van der Waals surface area (Å²) in [7, 11) is 1.56. The second kappa shape index (κ2) is 10.5. The number of hydrogen-bond acceptors (Lipinski definition) is 4. The van der Waals surface area contributed by atoms with Gasteiger partial charge >= 0.3 is 12.1 Å². The molecule has 3 rings (SSSR count). The van der Waals surface area contributed by atoms with Crippen molar-refractivity contribution in [3.8, 4) is 11.1 Å². The maximum atomic E-state index is 13.1. The Morgan fingerprint density at radius 1 is 1.03 bits per heavy atom. The minimum atomic E-state index is -0.980. The van der Waals surface area contributed by atoms with Gasteiger partial charge in [-0.2, -0.15) is 0 Å². The van der Waals surface area contributed by atoms with Crippen LogP contribution in [0.2, 0.25) is 0 Å². The predicted octanol–water partition coefficient (Wildman–Crippen LogP) is 4.26. The van der Waals surface area contributed by atoms with E-state index in [0.29, 0.717) is 6.42 Å². The number of ether oxygens (including phenoxy) is 1. The van der Waals surface area contributed by atoms with Crippen molar-refractivity contribution in [2.24, 2.45) is 5.92 Å². The van der Waals surface area contributed by atoms with Crippen molar-refractivity contribution >= 4 is 18.0 Å². The molecule has 1 aliphatic rings. The van der Waals surface area contributed by atoms with E-state index in [4.69, 9.17) is 9.84 Å². The van der Waals surface area contributed by atoms with E-state index >= 15 is 0 Å². The number of amides is 2. The Hall–Kier alpha value is -3.35. The number of carboxylic acid groups (broad SMARTS) is 1. The molecule has 0 saturated carbocycles. The van der Waals surface area contributed by atoms with Crippen LogP contribution in [-0.4, -0.2) is 53.7 Å². The SMILES string of the molecule is CC[C@H](C)[C@H](NC(=O)OCC1c2ccccc2-c2ccccc21)C(=O)N(C)[C@H](C)CC(=O)O. The second-order valence-corrected chi connectivity index (χ2v) is 8.73. The highest BCUT2D eigenvalue weighted by Crippen LogP contribution is 2.44. The molecule has 0 heterocycles. The van der Waals surface area contributed by atoms with Crippen LogP contribution >= 0.6 is 0 Å². The summed E-state index contributed by atoms with van der Waals surface area (Å²) >= 11 is 0. The fourth-order valence-electron chi connectivity index (χ4n) is 4.28. The highest BCUT2D eigenvalue weighted by atomic mass is 16.5. The van der Waals surface area contributed by atoms with Gasteiger partial charge in [-0.05, 0) is 35.1 Å². The molecule has 7 nitrogen and oxygen atoms in total. The van der Waals surface area contributed by atoms with Gasteiger partial charge in [0.2, 0.25) is 5.91 Å². The minimum Gasteiger partial charge on any atom is -0.481 e. The van der Waals surface area contributed by atoms with Gasteiger partial charge in [-0.25, -0.2) is 4.79 Å². The number of likely N-dealkylation sites (N-methyl/N-ethyl adjacent to an activating group) is 1. The van der Waals surface area contributed by atoms with Crippen LogP contribution in [0, 0.1) is 5.92 Å². The monoisotopic (exact) mass is 452 g/mol.